The molecule has 2 aromatic carbocycles. The van der Waals surface area contributed by atoms with Crippen molar-refractivity contribution in [1.29, 1.82) is 0 Å². The molecule has 1 nitrogen and oxygen atoms in total. The first-order valence-electron chi connectivity index (χ1n) is 7.28. The highest BCUT2D eigenvalue weighted by Crippen LogP contribution is 2.42. The van der Waals surface area contributed by atoms with Crippen LogP contribution in [0.5, 0.6) is 0 Å². The van der Waals surface area contributed by atoms with E-state index in [-0.39, 0.29) is 17.3 Å². The quantitative estimate of drug-likeness (QED) is 0.722. The molecule has 0 amide bonds. The summed E-state index contributed by atoms with van der Waals surface area (Å²) in [6.07, 6.45) is 2.18. The summed E-state index contributed by atoms with van der Waals surface area (Å²) in [6.45, 7) is 4.59. The highest BCUT2D eigenvalue weighted by molar-refractivity contribution is 9.10. The second kappa shape index (κ2) is 5.45. The van der Waals surface area contributed by atoms with Gasteiger partial charge in [-0.15, -0.1) is 0 Å². The molecule has 1 N–H and O–H groups in total. The normalized spacial score (nSPS) is 19.9. The average Bonchev–Trinajstić information content (AvgIpc) is 2.46. The van der Waals surface area contributed by atoms with Crippen molar-refractivity contribution in [1.82, 2.24) is 0 Å². The lowest BCUT2D eigenvalue weighted by atomic mass is 9.71. The van der Waals surface area contributed by atoms with Gasteiger partial charge in [0.25, 0.3) is 0 Å². The van der Waals surface area contributed by atoms with Gasteiger partial charge >= 0.3 is 0 Å². The van der Waals surface area contributed by atoms with Gasteiger partial charge in [0, 0.05) is 5.69 Å². The standard InChI is InChI=1S/C18H19BrFN/c1-18(2)10-9-17(13-5-3-4-6-14(13)18)21-12-7-8-15(19)16(20)11-12/h3-8,11,17,21H,9-10H2,1-2H3. The number of halogens is 2. The summed E-state index contributed by atoms with van der Waals surface area (Å²) in [5.74, 6) is -0.232. The highest BCUT2D eigenvalue weighted by atomic mass is 79.9. The number of hydrogen-bond donors (Lipinski definition) is 1. The molecule has 0 saturated heterocycles. The number of nitrogens with one attached hydrogen (secondary N) is 1. The Morgan fingerprint density at radius 3 is 2.71 bits per heavy atom. The van der Waals surface area contributed by atoms with Crippen molar-refractivity contribution in [3.8, 4) is 0 Å². The van der Waals surface area contributed by atoms with E-state index in [0.717, 1.165) is 18.5 Å². The zero-order valence-corrected chi connectivity index (χ0v) is 13.9. The largest absolute Gasteiger partial charge is 0.378 e. The molecule has 1 unspecified atom stereocenters. The molecule has 1 aliphatic carbocycles. The molecule has 0 aromatic heterocycles. The molecule has 1 atom stereocenters. The topological polar surface area (TPSA) is 12.0 Å². The number of anilines is 1. The number of benzene rings is 2. The van der Waals surface area contributed by atoms with E-state index < -0.39 is 0 Å². The third kappa shape index (κ3) is 2.84. The SMILES string of the molecule is CC1(C)CCC(Nc2ccc(Br)c(F)c2)c2ccccc21. The van der Waals surface area contributed by atoms with E-state index >= 15 is 0 Å². The maximum Gasteiger partial charge on any atom is 0.139 e. The zero-order chi connectivity index (χ0) is 15.0. The lowest BCUT2D eigenvalue weighted by Crippen LogP contribution is -2.29. The monoisotopic (exact) mass is 347 g/mol. The van der Waals surface area contributed by atoms with Gasteiger partial charge in [-0.2, -0.15) is 0 Å². The van der Waals surface area contributed by atoms with Crippen molar-refractivity contribution in [2.24, 2.45) is 0 Å². The van der Waals surface area contributed by atoms with Crippen LogP contribution in [0.1, 0.15) is 43.9 Å². The molecular formula is C18H19BrFN. The van der Waals surface area contributed by atoms with Crippen LogP contribution in [0.15, 0.2) is 46.9 Å². The van der Waals surface area contributed by atoms with Crippen molar-refractivity contribution in [3.63, 3.8) is 0 Å². The second-order valence-corrected chi connectivity index (χ2v) is 7.19. The summed E-state index contributed by atoms with van der Waals surface area (Å²) < 4.78 is 14.2. The van der Waals surface area contributed by atoms with Crippen LogP contribution >= 0.6 is 15.9 Å². The van der Waals surface area contributed by atoms with Crippen molar-refractivity contribution in [3.05, 3.63) is 63.9 Å². The van der Waals surface area contributed by atoms with Gasteiger partial charge in [0.2, 0.25) is 0 Å². The van der Waals surface area contributed by atoms with Gasteiger partial charge in [-0.25, -0.2) is 4.39 Å². The van der Waals surface area contributed by atoms with E-state index in [9.17, 15) is 4.39 Å². The number of rotatable bonds is 2. The Labute approximate surface area is 133 Å². The minimum Gasteiger partial charge on any atom is -0.378 e. The summed E-state index contributed by atoms with van der Waals surface area (Å²) in [4.78, 5) is 0. The molecule has 0 heterocycles. The first-order chi connectivity index (χ1) is 9.97. The third-order valence-electron chi connectivity index (χ3n) is 4.38. The lowest BCUT2D eigenvalue weighted by Gasteiger charge is -2.37. The molecule has 110 valence electrons. The number of fused-ring (bicyclic) bond motifs is 1. The van der Waals surface area contributed by atoms with Gasteiger partial charge in [-0.3, -0.25) is 0 Å². The van der Waals surface area contributed by atoms with Gasteiger partial charge in [0.1, 0.15) is 5.82 Å². The van der Waals surface area contributed by atoms with Gasteiger partial charge in [0.15, 0.2) is 0 Å². The van der Waals surface area contributed by atoms with Crippen LogP contribution < -0.4 is 5.32 Å². The molecule has 3 heteroatoms. The first kappa shape index (κ1) is 14.6. The zero-order valence-electron chi connectivity index (χ0n) is 12.3. The van der Waals surface area contributed by atoms with E-state index in [0.29, 0.717) is 4.47 Å². The van der Waals surface area contributed by atoms with Crippen LogP contribution in [-0.2, 0) is 5.41 Å². The van der Waals surface area contributed by atoms with Crippen LogP contribution in [-0.4, -0.2) is 0 Å². The first-order valence-corrected chi connectivity index (χ1v) is 8.08. The minimum absolute atomic E-state index is 0.208. The molecule has 0 radical (unpaired) electrons. The fraction of sp³-hybridized carbons (Fsp3) is 0.333. The Kier molecular flexibility index (Phi) is 3.78. The van der Waals surface area contributed by atoms with E-state index in [1.807, 2.05) is 6.07 Å². The van der Waals surface area contributed by atoms with Crippen LogP contribution in [0.4, 0.5) is 10.1 Å². The molecule has 1 aliphatic rings. The van der Waals surface area contributed by atoms with E-state index in [1.165, 1.54) is 11.1 Å². The Morgan fingerprint density at radius 2 is 1.95 bits per heavy atom. The third-order valence-corrected chi connectivity index (χ3v) is 5.03. The van der Waals surface area contributed by atoms with Crippen molar-refractivity contribution >= 4 is 21.6 Å². The second-order valence-electron chi connectivity index (χ2n) is 6.34. The van der Waals surface area contributed by atoms with Crippen molar-refractivity contribution in [2.45, 2.75) is 38.1 Å². The summed E-state index contributed by atoms with van der Waals surface area (Å²) >= 11 is 3.19. The molecule has 2 aromatic rings. The van der Waals surface area contributed by atoms with Crippen LogP contribution in [0.2, 0.25) is 0 Å². The Hall–Kier alpha value is -1.35. The van der Waals surface area contributed by atoms with E-state index in [2.05, 4.69) is 59.4 Å². The predicted octanol–water partition coefficient (Wildman–Crippen LogP) is 5.81. The summed E-state index contributed by atoms with van der Waals surface area (Å²) in [7, 11) is 0. The predicted molar refractivity (Wildman–Crippen MR) is 89.2 cm³/mol. The Balaban J connectivity index is 1.92. The van der Waals surface area contributed by atoms with Crippen molar-refractivity contribution < 1.29 is 4.39 Å². The maximum atomic E-state index is 13.7. The smallest absolute Gasteiger partial charge is 0.139 e. The summed E-state index contributed by atoms with van der Waals surface area (Å²) in [6, 6.07) is 14.0. The van der Waals surface area contributed by atoms with Gasteiger partial charge in [-0.1, -0.05) is 38.1 Å². The summed E-state index contributed by atoms with van der Waals surface area (Å²) in [5, 5.41) is 3.48. The molecule has 0 aliphatic heterocycles. The molecule has 0 spiro atoms. The summed E-state index contributed by atoms with van der Waals surface area (Å²) in [5.41, 5.74) is 3.76. The maximum absolute atomic E-state index is 13.7. The average molecular weight is 348 g/mol. The van der Waals surface area contributed by atoms with Crippen molar-refractivity contribution in [2.75, 3.05) is 5.32 Å². The Bertz CT molecular complexity index is 666. The van der Waals surface area contributed by atoms with E-state index in [4.69, 9.17) is 0 Å². The highest BCUT2D eigenvalue weighted by Gasteiger charge is 2.32. The van der Waals surface area contributed by atoms with Crippen LogP contribution in [0, 0.1) is 5.82 Å². The molecule has 0 saturated carbocycles. The minimum atomic E-state index is -0.232. The fourth-order valence-electron chi connectivity index (χ4n) is 3.15. The number of hydrogen-bond acceptors (Lipinski definition) is 1. The van der Waals surface area contributed by atoms with Gasteiger partial charge < -0.3 is 5.32 Å². The molecule has 21 heavy (non-hydrogen) atoms. The van der Waals surface area contributed by atoms with Gasteiger partial charge in [0.05, 0.1) is 10.5 Å². The molecule has 0 bridgehead atoms. The van der Waals surface area contributed by atoms with E-state index in [1.54, 1.807) is 12.1 Å². The molecular weight excluding hydrogens is 329 g/mol. The van der Waals surface area contributed by atoms with Crippen LogP contribution in [0.25, 0.3) is 0 Å². The van der Waals surface area contributed by atoms with Crippen LogP contribution in [0.3, 0.4) is 0 Å². The Morgan fingerprint density at radius 1 is 1.19 bits per heavy atom. The lowest BCUT2D eigenvalue weighted by molar-refractivity contribution is 0.406. The molecule has 0 fully saturated rings. The van der Waals surface area contributed by atoms with Gasteiger partial charge in [-0.05, 0) is 63.5 Å². The fourth-order valence-corrected chi connectivity index (χ4v) is 3.40. The molecule has 3 rings (SSSR count).